The Morgan fingerprint density at radius 1 is 1.19 bits per heavy atom. The largest absolute Gasteiger partial charge is 0.375 e. The van der Waals surface area contributed by atoms with E-state index in [1.54, 1.807) is 31.0 Å². The summed E-state index contributed by atoms with van der Waals surface area (Å²) >= 11 is 12.4. The van der Waals surface area contributed by atoms with E-state index in [0.717, 1.165) is 28.3 Å². The molecule has 12 heteroatoms. The number of carbonyl (C=O) groups is 1. The first-order valence-electron chi connectivity index (χ1n) is 11.5. The number of rotatable bonds is 7. The first-order chi connectivity index (χ1) is 17.9. The Hall–Kier alpha value is -3.80. The van der Waals surface area contributed by atoms with Crippen LogP contribution in [0.15, 0.2) is 61.3 Å². The molecule has 0 bridgehead atoms. The van der Waals surface area contributed by atoms with Crippen LogP contribution in [0.1, 0.15) is 34.7 Å². The monoisotopic (exact) mass is 536 g/mol. The van der Waals surface area contributed by atoms with Crippen molar-refractivity contribution in [3.63, 3.8) is 0 Å². The molecule has 37 heavy (non-hydrogen) atoms. The summed E-state index contributed by atoms with van der Waals surface area (Å²) in [6, 6.07) is 13.0. The second kappa shape index (κ2) is 10.3. The Bertz CT molecular complexity index is 1440. The average Bonchev–Trinajstić information content (AvgIpc) is 3.59. The number of nitrogens with one attached hydrogen (secondary N) is 2. The molecule has 0 radical (unpaired) electrons. The number of aryl methyl sites for hydroxylation is 1. The fourth-order valence-electron chi connectivity index (χ4n) is 4.75. The lowest BCUT2D eigenvalue weighted by Crippen LogP contribution is -2.29. The van der Waals surface area contributed by atoms with Crippen molar-refractivity contribution in [3.8, 4) is 0 Å². The number of nitrogens with zero attached hydrogens (tertiary/aromatic N) is 6. The maximum atomic E-state index is 12.0. The predicted octanol–water partition coefficient (Wildman–Crippen LogP) is 3.82. The van der Waals surface area contributed by atoms with E-state index in [2.05, 4.69) is 38.8 Å². The molecule has 0 spiro atoms. The third kappa shape index (κ3) is 4.68. The minimum atomic E-state index is -0.287. The molecule has 4 aromatic rings. The number of ether oxygens (including phenoxy) is 1. The first-order valence-corrected chi connectivity index (χ1v) is 12.3. The Kier molecular flexibility index (Phi) is 6.92. The van der Waals surface area contributed by atoms with Gasteiger partial charge in [-0.15, -0.1) is 10.2 Å². The van der Waals surface area contributed by atoms with Crippen LogP contribution in [0.3, 0.4) is 0 Å². The van der Waals surface area contributed by atoms with Crippen LogP contribution in [0.25, 0.3) is 0 Å². The molecule has 1 aromatic carbocycles. The van der Waals surface area contributed by atoms with Gasteiger partial charge in [0.05, 0.1) is 28.5 Å². The lowest BCUT2D eigenvalue weighted by Gasteiger charge is -2.28. The summed E-state index contributed by atoms with van der Waals surface area (Å²) in [7, 11) is 1.46. The second-order valence-corrected chi connectivity index (χ2v) is 9.42. The standard InChI is InChI=1S/C25H25ClN8O2S/c1-15-10-18(16(2)34(15)32-13-28-29-14-32)24-23(21-6-4-5-9-27-21)31-25(37)33(24)17-7-8-20(19(26)11-17)30-22(35)12-36-3/h4-11,13-14,23-24H,12H2,1-3H3,(H,30,35)(H,31,37)/t23-,24-/m1/s1. The summed E-state index contributed by atoms with van der Waals surface area (Å²) in [6.45, 7) is 4.03. The Morgan fingerprint density at radius 2 is 1.97 bits per heavy atom. The maximum absolute atomic E-state index is 12.0. The van der Waals surface area contributed by atoms with Crippen LogP contribution in [0.2, 0.25) is 5.02 Å². The van der Waals surface area contributed by atoms with Gasteiger partial charge in [-0.05, 0) is 62.5 Å². The predicted molar refractivity (Wildman–Crippen MR) is 145 cm³/mol. The molecule has 0 unspecified atom stereocenters. The fraction of sp³-hybridized carbons (Fsp3) is 0.240. The van der Waals surface area contributed by atoms with Crippen molar-refractivity contribution < 1.29 is 9.53 Å². The van der Waals surface area contributed by atoms with Crippen molar-refractivity contribution in [1.82, 2.24) is 29.9 Å². The highest BCUT2D eigenvalue weighted by atomic mass is 35.5. The number of anilines is 2. The molecular weight excluding hydrogens is 512 g/mol. The normalized spacial score (nSPS) is 17.2. The molecule has 190 valence electrons. The molecule has 1 fully saturated rings. The lowest BCUT2D eigenvalue weighted by atomic mass is 9.96. The van der Waals surface area contributed by atoms with E-state index in [1.165, 1.54) is 7.11 Å². The average molecular weight is 537 g/mol. The minimum Gasteiger partial charge on any atom is -0.375 e. The number of halogens is 1. The highest BCUT2D eigenvalue weighted by Crippen LogP contribution is 2.44. The summed E-state index contributed by atoms with van der Waals surface area (Å²) in [6.07, 6.45) is 5.09. The van der Waals surface area contributed by atoms with E-state index in [1.807, 2.05) is 45.4 Å². The smallest absolute Gasteiger partial charge is 0.250 e. The number of hydrogen-bond acceptors (Lipinski definition) is 6. The zero-order valence-corrected chi connectivity index (χ0v) is 22.0. The SMILES string of the molecule is COCC(=O)Nc1ccc(N2C(=S)N[C@H](c3ccccn3)[C@H]2c2cc(C)n(-n3cnnc3)c2C)cc1Cl. The molecule has 5 rings (SSSR count). The third-order valence-electron chi connectivity index (χ3n) is 6.27. The number of methoxy groups -OCH3 is 1. The van der Waals surface area contributed by atoms with E-state index in [0.29, 0.717) is 15.8 Å². The summed E-state index contributed by atoms with van der Waals surface area (Å²) in [5, 5.41) is 15.1. The summed E-state index contributed by atoms with van der Waals surface area (Å²) in [5.41, 5.74) is 5.22. The Morgan fingerprint density at radius 3 is 2.65 bits per heavy atom. The van der Waals surface area contributed by atoms with Crippen LogP contribution >= 0.6 is 23.8 Å². The van der Waals surface area contributed by atoms with Gasteiger partial charge in [0.2, 0.25) is 5.91 Å². The molecule has 0 saturated carbocycles. The van der Waals surface area contributed by atoms with Crippen molar-refractivity contribution in [1.29, 1.82) is 0 Å². The fourth-order valence-corrected chi connectivity index (χ4v) is 5.32. The Balaban J connectivity index is 1.60. The van der Waals surface area contributed by atoms with Gasteiger partial charge in [-0.3, -0.25) is 14.5 Å². The summed E-state index contributed by atoms with van der Waals surface area (Å²) < 4.78 is 8.78. The lowest BCUT2D eigenvalue weighted by molar-refractivity contribution is -0.119. The molecule has 1 aliphatic heterocycles. The summed E-state index contributed by atoms with van der Waals surface area (Å²) in [5.74, 6) is -0.287. The highest BCUT2D eigenvalue weighted by Gasteiger charge is 2.42. The van der Waals surface area contributed by atoms with Gasteiger partial charge in [-0.1, -0.05) is 17.7 Å². The van der Waals surface area contributed by atoms with E-state index in [-0.39, 0.29) is 24.6 Å². The molecule has 1 aliphatic rings. The molecule has 1 saturated heterocycles. The van der Waals surface area contributed by atoms with Gasteiger partial charge < -0.3 is 20.3 Å². The first kappa shape index (κ1) is 24.9. The van der Waals surface area contributed by atoms with Crippen LogP contribution in [-0.4, -0.2) is 49.3 Å². The molecule has 2 N–H and O–H groups in total. The van der Waals surface area contributed by atoms with Crippen LogP contribution < -0.4 is 15.5 Å². The molecule has 2 atom stereocenters. The van der Waals surface area contributed by atoms with Gasteiger partial charge in [0.25, 0.3) is 0 Å². The molecule has 3 aromatic heterocycles. The molecule has 10 nitrogen and oxygen atoms in total. The van der Waals surface area contributed by atoms with Gasteiger partial charge in [0.1, 0.15) is 19.3 Å². The van der Waals surface area contributed by atoms with Gasteiger partial charge >= 0.3 is 0 Å². The van der Waals surface area contributed by atoms with E-state index in [4.69, 9.17) is 28.6 Å². The molecule has 1 amide bonds. The maximum Gasteiger partial charge on any atom is 0.250 e. The zero-order valence-electron chi connectivity index (χ0n) is 20.4. The van der Waals surface area contributed by atoms with Gasteiger partial charge in [0, 0.05) is 35.9 Å². The number of benzene rings is 1. The van der Waals surface area contributed by atoms with Gasteiger partial charge in [-0.25, -0.2) is 4.68 Å². The van der Waals surface area contributed by atoms with E-state index in [9.17, 15) is 4.79 Å². The number of thiocarbonyl (C=S) groups is 1. The number of amides is 1. The van der Waals surface area contributed by atoms with Crippen molar-refractivity contribution in [2.45, 2.75) is 25.9 Å². The molecular formula is C25H25ClN8O2S. The van der Waals surface area contributed by atoms with Crippen molar-refractivity contribution in [2.75, 3.05) is 23.9 Å². The summed E-state index contributed by atoms with van der Waals surface area (Å²) in [4.78, 5) is 18.7. The van der Waals surface area contributed by atoms with Crippen LogP contribution in [0.4, 0.5) is 11.4 Å². The van der Waals surface area contributed by atoms with Gasteiger partial charge in [0.15, 0.2) is 5.11 Å². The van der Waals surface area contributed by atoms with Crippen molar-refractivity contribution >= 4 is 46.2 Å². The topological polar surface area (TPSA) is 102 Å². The quantitative estimate of drug-likeness (QED) is 0.344. The minimum absolute atomic E-state index is 0.0614. The molecule has 4 heterocycles. The zero-order chi connectivity index (χ0) is 26.1. The number of hydrogen-bond donors (Lipinski definition) is 2. The number of pyridine rings is 1. The van der Waals surface area contributed by atoms with Gasteiger partial charge in [-0.2, -0.15) is 0 Å². The van der Waals surface area contributed by atoms with Crippen molar-refractivity contribution in [2.24, 2.45) is 0 Å². The van der Waals surface area contributed by atoms with Crippen LogP contribution in [-0.2, 0) is 9.53 Å². The van der Waals surface area contributed by atoms with Crippen LogP contribution in [0, 0.1) is 13.8 Å². The van der Waals surface area contributed by atoms with Crippen LogP contribution in [0.5, 0.6) is 0 Å². The van der Waals surface area contributed by atoms with E-state index < -0.39 is 0 Å². The number of aromatic nitrogens is 5. The van der Waals surface area contributed by atoms with Crippen molar-refractivity contribution in [3.05, 3.63) is 89.0 Å². The number of carbonyl (C=O) groups excluding carboxylic acids is 1. The van der Waals surface area contributed by atoms with E-state index >= 15 is 0 Å². The highest BCUT2D eigenvalue weighted by molar-refractivity contribution is 7.80. The molecule has 0 aliphatic carbocycles. The Labute approximate surface area is 224 Å². The second-order valence-electron chi connectivity index (χ2n) is 8.62. The third-order valence-corrected chi connectivity index (χ3v) is 6.90.